The Kier molecular flexibility index (Phi) is 5.28. The molecule has 1 heterocycles. The number of halogens is 1. The Labute approximate surface area is 157 Å². The topological polar surface area (TPSA) is 67.2 Å². The summed E-state index contributed by atoms with van der Waals surface area (Å²) in [6, 6.07) is 14.6. The number of phenolic OH excluding ortho intramolecular Hbond substituents is 1. The summed E-state index contributed by atoms with van der Waals surface area (Å²) >= 11 is 5.88. The van der Waals surface area contributed by atoms with E-state index >= 15 is 0 Å². The van der Waals surface area contributed by atoms with Crippen LogP contribution in [0, 0.1) is 13.8 Å². The first-order valence-corrected chi connectivity index (χ1v) is 8.71. The summed E-state index contributed by atoms with van der Waals surface area (Å²) in [7, 11) is 0. The molecule has 26 heavy (non-hydrogen) atoms. The number of amides is 1. The van der Waals surface area contributed by atoms with Gasteiger partial charge >= 0.3 is 0 Å². The lowest BCUT2D eigenvalue weighted by Gasteiger charge is -2.09. The summed E-state index contributed by atoms with van der Waals surface area (Å²) in [6.45, 7) is 3.98. The standard InChI is InChI=1S/C20H20ClN3O2/c1-13-11-14(2)24(23-13)17-7-3-15(4-8-17)5-10-20(26)22-18-12-16(21)6-9-19(18)25/h3-4,6-9,11-12,25H,5,10H2,1-2H3,(H,22,26). The normalized spacial score (nSPS) is 10.7. The van der Waals surface area contributed by atoms with E-state index in [4.69, 9.17) is 11.6 Å². The van der Waals surface area contributed by atoms with Crippen LogP contribution in [0.4, 0.5) is 5.69 Å². The molecule has 1 aromatic heterocycles. The minimum atomic E-state index is -0.176. The third-order valence-electron chi connectivity index (χ3n) is 4.06. The van der Waals surface area contributed by atoms with Crippen molar-refractivity contribution < 1.29 is 9.90 Å². The lowest BCUT2D eigenvalue weighted by Crippen LogP contribution is -2.12. The van der Waals surface area contributed by atoms with Gasteiger partial charge in [0, 0.05) is 17.1 Å². The van der Waals surface area contributed by atoms with Gasteiger partial charge in [0.2, 0.25) is 5.91 Å². The van der Waals surface area contributed by atoms with Crippen LogP contribution in [0.15, 0.2) is 48.5 Å². The van der Waals surface area contributed by atoms with Crippen molar-refractivity contribution in [3.05, 3.63) is 70.5 Å². The minimum absolute atomic E-state index is 0.00279. The number of carbonyl (C=O) groups is 1. The maximum Gasteiger partial charge on any atom is 0.224 e. The Balaban J connectivity index is 1.60. The van der Waals surface area contributed by atoms with E-state index in [1.165, 1.54) is 12.1 Å². The highest BCUT2D eigenvalue weighted by Gasteiger charge is 2.08. The first-order valence-electron chi connectivity index (χ1n) is 8.33. The van der Waals surface area contributed by atoms with Gasteiger partial charge in [-0.05, 0) is 62.2 Å². The number of phenols is 1. The van der Waals surface area contributed by atoms with Crippen molar-refractivity contribution in [1.29, 1.82) is 0 Å². The van der Waals surface area contributed by atoms with Gasteiger partial charge < -0.3 is 10.4 Å². The Hall–Kier alpha value is -2.79. The number of anilines is 1. The van der Waals surface area contributed by atoms with Crippen LogP contribution in [0.2, 0.25) is 5.02 Å². The van der Waals surface area contributed by atoms with E-state index < -0.39 is 0 Å². The summed E-state index contributed by atoms with van der Waals surface area (Å²) in [5.74, 6) is -0.179. The second-order valence-corrected chi connectivity index (χ2v) is 6.65. The predicted octanol–water partition coefficient (Wildman–Crippen LogP) is 4.42. The van der Waals surface area contributed by atoms with Gasteiger partial charge in [0.1, 0.15) is 5.75 Å². The Morgan fingerprint density at radius 3 is 2.54 bits per heavy atom. The van der Waals surface area contributed by atoms with E-state index in [9.17, 15) is 9.90 Å². The fraction of sp³-hybridized carbons (Fsp3) is 0.200. The fourth-order valence-electron chi connectivity index (χ4n) is 2.77. The van der Waals surface area contributed by atoms with Gasteiger partial charge in [0.25, 0.3) is 0 Å². The maximum absolute atomic E-state index is 12.1. The Bertz CT molecular complexity index is 933. The molecule has 3 aromatic rings. The van der Waals surface area contributed by atoms with Crippen LogP contribution in [0.1, 0.15) is 23.4 Å². The molecule has 134 valence electrons. The molecular formula is C20H20ClN3O2. The largest absolute Gasteiger partial charge is 0.506 e. The molecule has 0 aliphatic heterocycles. The number of carbonyl (C=O) groups excluding carboxylic acids is 1. The van der Waals surface area contributed by atoms with Crippen molar-refractivity contribution in [3.63, 3.8) is 0 Å². The molecule has 0 unspecified atom stereocenters. The zero-order valence-electron chi connectivity index (χ0n) is 14.7. The Morgan fingerprint density at radius 2 is 1.88 bits per heavy atom. The van der Waals surface area contributed by atoms with E-state index in [1.54, 1.807) is 6.07 Å². The van der Waals surface area contributed by atoms with Gasteiger partial charge in [0.15, 0.2) is 0 Å². The molecule has 5 nitrogen and oxygen atoms in total. The number of nitrogens with zero attached hydrogens (tertiary/aromatic N) is 2. The molecule has 0 aliphatic rings. The molecule has 6 heteroatoms. The third kappa shape index (κ3) is 4.24. The third-order valence-corrected chi connectivity index (χ3v) is 4.30. The van der Waals surface area contributed by atoms with Gasteiger partial charge in [-0.2, -0.15) is 5.10 Å². The van der Waals surface area contributed by atoms with Crippen LogP contribution in [0.25, 0.3) is 5.69 Å². The van der Waals surface area contributed by atoms with Gasteiger partial charge in [-0.3, -0.25) is 4.79 Å². The van der Waals surface area contributed by atoms with Crippen LogP contribution >= 0.6 is 11.6 Å². The van der Waals surface area contributed by atoms with Crippen molar-refractivity contribution in [1.82, 2.24) is 9.78 Å². The number of hydrogen-bond acceptors (Lipinski definition) is 3. The molecule has 0 aliphatic carbocycles. The molecule has 0 saturated heterocycles. The highest BCUT2D eigenvalue weighted by Crippen LogP contribution is 2.26. The van der Waals surface area contributed by atoms with Gasteiger partial charge in [-0.1, -0.05) is 23.7 Å². The number of aromatic hydroxyl groups is 1. The van der Waals surface area contributed by atoms with Crippen molar-refractivity contribution in [2.24, 2.45) is 0 Å². The zero-order valence-corrected chi connectivity index (χ0v) is 15.4. The van der Waals surface area contributed by atoms with Crippen molar-refractivity contribution in [2.45, 2.75) is 26.7 Å². The number of benzene rings is 2. The monoisotopic (exact) mass is 369 g/mol. The number of rotatable bonds is 5. The van der Waals surface area contributed by atoms with Crippen LogP contribution in [-0.4, -0.2) is 20.8 Å². The average molecular weight is 370 g/mol. The van der Waals surface area contributed by atoms with E-state index in [-0.39, 0.29) is 11.7 Å². The first-order chi connectivity index (χ1) is 12.4. The van der Waals surface area contributed by atoms with Crippen LogP contribution < -0.4 is 5.32 Å². The SMILES string of the molecule is Cc1cc(C)n(-c2ccc(CCC(=O)Nc3cc(Cl)ccc3O)cc2)n1. The van der Waals surface area contributed by atoms with Crippen molar-refractivity contribution in [3.8, 4) is 11.4 Å². The minimum Gasteiger partial charge on any atom is -0.506 e. The molecule has 2 aromatic carbocycles. The number of aryl methyl sites for hydroxylation is 3. The number of aromatic nitrogens is 2. The molecular weight excluding hydrogens is 350 g/mol. The van der Waals surface area contributed by atoms with E-state index in [1.807, 2.05) is 48.9 Å². The second-order valence-electron chi connectivity index (χ2n) is 6.21. The van der Waals surface area contributed by atoms with E-state index in [0.717, 1.165) is 22.6 Å². The molecule has 1 amide bonds. The fourth-order valence-corrected chi connectivity index (χ4v) is 2.95. The van der Waals surface area contributed by atoms with Gasteiger partial charge in [-0.25, -0.2) is 4.68 Å². The lowest BCUT2D eigenvalue weighted by molar-refractivity contribution is -0.116. The first kappa shape index (κ1) is 18.0. The van der Waals surface area contributed by atoms with Gasteiger partial charge in [-0.15, -0.1) is 0 Å². The number of hydrogen-bond donors (Lipinski definition) is 2. The van der Waals surface area contributed by atoms with Crippen molar-refractivity contribution >= 4 is 23.2 Å². The highest BCUT2D eigenvalue weighted by atomic mass is 35.5. The quantitative estimate of drug-likeness (QED) is 0.654. The lowest BCUT2D eigenvalue weighted by atomic mass is 10.1. The van der Waals surface area contributed by atoms with E-state index in [2.05, 4.69) is 10.4 Å². The van der Waals surface area contributed by atoms with Crippen LogP contribution in [0.3, 0.4) is 0 Å². The van der Waals surface area contributed by atoms with Crippen molar-refractivity contribution in [2.75, 3.05) is 5.32 Å². The van der Waals surface area contributed by atoms with Crippen LogP contribution in [0.5, 0.6) is 5.75 Å². The Morgan fingerprint density at radius 1 is 1.15 bits per heavy atom. The molecule has 3 rings (SSSR count). The van der Waals surface area contributed by atoms with E-state index in [0.29, 0.717) is 23.6 Å². The average Bonchev–Trinajstić information content (AvgIpc) is 2.95. The summed E-state index contributed by atoms with van der Waals surface area (Å²) in [6.07, 6.45) is 0.912. The van der Waals surface area contributed by atoms with Gasteiger partial charge in [0.05, 0.1) is 17.1 Å². The summed E-state index contributed by atoms with van der Waals surface area (Å²) in [5.41, 5.74) is 4.43. The summed E-state index contributed by atoms with van der Waals surface area (Å²) < 4.78 is 1.90. The predicted molar refractivity (Wildman–Crippen MR) is 103 cm³/mol. The maximum atomic E-state index is 12.1. The zero-order chi connectivity index (χ0) is 18.7. The number of nitrogens with one attached hydrogen (secondary N) is 1. The molecule has 0 bridgehead atoms. The van der Waals surface area contributed by atoms with Crippen LogP contribution in [-0.2, 0) is 11.2 Å². The summed E-state index contributed by atoms with van der Waals surface area (Å²) in [4.78, 5) is 12.1. The molecule has 0 spiro atoms. The molecule has 2 N–H and O–H groups in total. The summed E-state index contributed by atoms with van der Waals surface area (Å²) in [5, 5.41) is 17.4. The molecule has 0 radical (unpaired) electrons. The smallest absolute Gasteiger partial charge is 0.224 e. The molecule has 0 saturated carbocycles. The molecule has 0 fully saturated rings. The second kappa shape index (κ2) is 7.62. The molecule has 0 atom stereocenters. The highest BCUT2D eigenvalue weighted by molar-refractivity contribution is 6.31.